The molecular weight excluding hydrogens is 236 g/mol. The standard InChI is InChI=1S/C16H20N2O/c1-12(17-2)10-13-4-6-14(7-5-13)15-8-9-18-16(11-15)19-3/h4-9,11-12,17H,10H2,1-3H3. The molecule has 19 heavy (non-hydrogen) atoms. The SMILES string of the molecule is CNC(C)Cc1ccc(-c2ccnc(OC)c2)cc1. The number of nitrogens with zero attached hydrogens (tertiary/aromatic N) is 1. The summed E-state index contributed by atoms with van der Waals surface area (Å²) in [6, 6.07) is 13.1. The topological polar surface area (TPSA) is 34.2 Å². The molecule has 1 N–H and O–H groups in total. The molecule has 1 heterocycles. The first-order chi connectivity index (χ1) is 9.22. The van der Waals surface area contributed by atoms with E-state index in [2.05, 4.69) is 41.5 Å². The Balaban J connectivity index is 2.17. The third kappa shape index (κ3) is 3.55. The van der Waals surface area contributed by atoms with Crippen molar-refractivity contribution in [3.05, 3.63) is 48.2 Å². The van der Waals surface area contributed by atoms with Gasteiger partial charge in [-0.1, -0.05) is 24.3 Å². The van der Waals surface area contributed by atoms with Crippen LogP contribution in [0.15, 0.2) is 42.6 Å². The van der Waals surface area contributed by atoms with E-state index >= 15 is 0 Å². The van der Waals surface area contributed by atoms with Gasteiger partial charge in [0.25, 0.3) is 0 Å². The Hall–Kier alpha value is -1.87. The average Bonchev–Trinajstić information content (AvgIpc) is 2.48. The van der Waals surface area contributed by atoms with Crippen molar-refractivity contribution in [3.8, 4) is 17.0 Å². The highest BCUT2D eigenvalue weighted by Crippen LogP contribution is 2.22. The van der Waals surface area contributed by atoms with Crippen molar-refractivity contribution < 1.29 is 4.74 Å². The summed E-state index contributed by atoms with van der Waals surface area (Å²) in [5, 5.41) is 3.25. The second-order valence-corrected chi connectivity index (χ2v) is 4.68. The largest absolute Gasteiger partial charge is 0.481 e. The normalized spacial score (nSPS) is 12.2. The predicted molar refractivity (Wildman–Crippen MR) is 78.5 cm³/mol. The molecule has 0 aliphatic rings. The fourth-order valence-electron chi connectivity index (χ4n) is 1.99. The van der Waals surface area contributed by atoms with E-state index in [9.17, 15) is 0 Å². The minimum Gasteiger partial charge on any atom is -0.481 e. The minimum absolute atomic E-state index is 0.492. The van der Waals surface area contributed by atoms with E-state index in [1.54, 1.807) is 13.3 Å². The Labute approximate surface area is 114 Å². The zero-order valence-electron chi connectivity index (χ0n) is 11.7. The highest BCUT2D eigenvalue weighted by atomic mass is 16.5. The number of hydrogen-bond donors (Lipinski definition) is 1. The zero-order valence-corrected chi connectivity index (χ0v) is 11.7. The van der Waals surface area contributed by atoms with E-state index in [-0.39, 0.29) is 0 Å². The summed E-state index contributed by atoms with van der Waals surface area (Å²) in [5.41, 5.74) is 3.65. The van der Waals surface area contributed by atoms with Crippen LogP contribution in [0, 0.1) is 0 Å². The smallest absolute Gasteiger partial charge is 0.213 e. The van der Waals surface area contributed by atoms with E-state index in [4.69, 9.17) is 4.74 Å². The molecule has 0 aliphatic heterocycles. The van der Waals surface area contributed by atoms with Gasteiger partial charge in [0.05, 0.1) is 7.11 Å². The molecule has 2 aromatic rings. The molecule has 0 radical (unpaired) electrons. The van der Waals surface area contributed by atoms with Gasteiger partial charge in [0.15, 0.2) is 0 Å². The van der Waals surface area contributed by atoms with Gasteiger partial charge in [-0.05, 0) is 43.1 Å². The number of hydrogen-bond acceptors (Lipinski definition) is 3. The van der Waals surface area contributed by atoms with Gasteiger partial charge < -0.3 is 10.1 Å². The van der Waals surface area contributed by atoms with Crippen molar-refractivity contribution >= 4 is 0 Å². The molecule has 1 aromatic carbocycles. The highest BCUT2D eigenvalue weighted by molar-refractivity contribution is 5.64. The summed E-state index contributed by atoms with van der Waals surface area (Å²) >= 11 is 0. The molecule has 0 bridgehead atoms. The van der Waals surface area contributed by atoms with Crippen LogP contribution in [0.2, 0.25) is 0 Å². The summed E-state index contributed by atoms with van der Waals surface area (Å²) in [5.74, 6) is 0.644. The van der Waals surface area contributed by atoms with Crippen LogP contribution in [0.1, 0.15) is 12.5 Å². The molecule has 3 nitrogen and oxygen atoms in total. The van der Waals surface area contributed by atoms with E-state index in [0.717, 1.165) is 12.0 Å². The first kappa shape index (κ1) is 13.6. The molecule has 0 spiro atoms. The maximum absolute atomic E-state index is 5.15. The number of benzene rings is 1. The van der Waals surface area contributed by atoms with Crippen LogP contribution in [0.25, 0.3) is 11.1 Å². The first-order valence-electron chi connectivity index (χ1n) is 6.49. The zero-order chi connectivity index (χ0) is 13.7. The van der Waals surface area contributed by atoms with Gasteiger partial charge in [0.2, 0.25) is 5.88 Å². The third-order valence-electron chi connectivity index (χ3n) is 3.27. The maximum Gasteiger partial charge on any atom is 0.213 e. The van der Waals surface area contributed by atoms with Crippen molar-refractivity contribution in [2.45, 2.75) is 19.4 Å². The predicted octanol–water partition coefficient (Wildman–Crippen LogP) is 2.91. The van der Waals surface area contributed by atoms with Crippen molar-refractivity contribution in [3.63, 3.8) is 0 Å². The molecule has 2 rings (SSSR count). The summed E-state index contributed by atoms with van der Waals surface area (Å²) in [6.07, 6.45) is 2.81. The first-order valence-corrected chi connectivity index (χ1v) is 6.49. The highest BCUT2D eigenvalue weighted by Gasteiger charge is 2.03. The van der Waals surface area contributed by atoms with Crippen molar-refractivity contribution in [2.75, 3.05) is 14.2 Å². The lowest BCUT2D eigenvalue weighted by Crippen LogP contribution is -2.23. The molecule has 100 valence electrons. The molecule has 0 fully saturated rings. The Kier molecular flexibility index (Phi) is 4.53. The van der Waals surface area contributed by atoms with Gasteiger partial charge in [0, 0.05) is 18.3 Å². The number of ether oxygens (including phenoxy) is 1. The van der Waals surface area contributed by atoms with Crippen molar-refractivity contribution in [1.82, 2.24) is 10.3 Å². The van der Waals surface area contributed by atoms with Gasteiger partial charge >= 0.3 is 0 Å². The summed E-state index contributed by atoms with van der Waals surface area (Å²) in [6.45, 7) is 2.18. The van der Waals surface area contributed by atoms with Gasteiger partial charge in [-0.2, -0.15) is 0 Å². The van der Waals surface area contributed by atoms with Gasteiger partial charge in [-0.3, -0.25) is 0 Å². The van der Waals surface area contributed by atoms with Crippen LogP contribution in [0.4, 0.5) is 0 Å². The second kappa shape index (κ2) is 6.34. The molecule has 1 unspecified atom stereocenters. The van der Waals surface area contributed by atoms with Crippen LogP contribution < -0.4 is 10.1 Å². The van der Waals surface area contributed by atoms with Crippen LogP contribution in [0.3, 0.4) is 0 Å². The van der Waals surface area contributed by atoms with E-state index in [1.165, 1.54) is 11.1 Å². The average molecular weight is 256 g/mol. The molecular formula is C16H20N2O. The number of nitrogens with one attached hydrogen (secondary N) is 1. The fraction of sp³-hybridized carbons (Fsp3) is 0.312. The molecule has 0 saturated carbocycles. The van der Waals surface area contributed by atoms with Crippen molar-refractivity contribution in [2.24, 2.45) is 0 Å². The number of pyridine rings is 1. The summed E-state index contributed by atoms with van der Waals surface area (Å²) < 4.78 is 5.15. The molecule has 0 saturated heterocycles. The van der Waals surface area contributed by atoms with Gasteiger partial charge in [0.1, 0.15) is 0 Å². The van der Waals surface area contributed by atoms with Crippen LogP contribution in [-0.4, -0.2) is 25.2 Å². The molecule has 1 aromatic heterocycles. The van der Waals surface area contributed by atoms with Crippen LogP contribution in [-0.2, 0) is 6.42 Å². The summed E-state index contributed by atoms with van der Waals surface area (Å²) in [7, 11) is 3.62. The Morgan fingerprint density at radius 2 is 1.89 bits per heavy atom. The minimum atomic E-state index is 0.492. The number of methoxy groups -OCH3 is 1. The van der Waals surface area contributed by atoms with Crippen molar-refractivity contribution in [1.29, 1.82) is 0 Å². The van der Waals surface area contributed by atoms with E-state index in [1.807, 2.05) is 19.2 Å². The molecule has 0 aliphatic carbocycles. The lowest BCUT2D eigenvalue weighted by atomic mass is 10.0. The maximum atomic E-state index is 5.15. The number of rotatable bonds is 5. The van der Waals surface area contributed by atoms with Gasteiger partial charge in [-0.25, -0.2) is 4.98 Å². The summed E-state index contributed by atoms with van der Waals surface area (Å²) in [4.78, 5) is 4.12. The number of aromatic nitrogens is 1. The molecule has 3 heteroatoms. The van der Waals surface area contributed by atoms with E-state index in [0.29, 0.717) is 11.9 Å². The Bertz CT molecular complexity index is 523. The van der Waals surface area contributed by atoms with Gasteiger partial charge in [-0.15, -0.1) is 0 Å². The molecule has 0 amide bonds. The fourth-order valence-corrected chi connectivity index (χ4v) is 1.99. The van der Waals surface area contributed by atoms with Crippen LogP contribution >= 0.6 is 0 Å². The Morgan fingerprint density at radius 1 is 1.16 bits per heavy atom. The third-order valence-corrected chi connectivity index (χ3v) is 3.27. The quantitative estimate of drug-likeness (QED) is 0.893. The molecule has 1 atom stereocenters. The van der Waals surface area contributed by atoms with E-state index < -0.39 is 0 Å². The Morgan fingerprint density at radius 3 is 2.53 bits per heavy atom. The van der Waals surface area contributed by atoms with Crippen LogP contribution in [0.5, 0.6) is 5.88 Å². The second-order valence-electron chi connectivity index (χ2n) is 4.68. The lowest BCUT2D eigenvalue weighted by Gasteiger charge is -2.10. The lowest BCUT2D eigenvalue weighted by molar-refractivity contribution is 0.398. The number of likely N-dealkylation sites (N-methyl/N-ethyl adjacent to an activating group) is 1. The monoisotopic (exact) mass is 256 g/mol.